The van der Waals surface area contributed by atoms with Gasteiger partial charge in [0.25, 0.3) is 5.91 Å². The minimum Gasteiger partial charge on any atom is -0.390 e. The monoisotopic (exact) mass is 111 g/mol. The van der Waals surface area contributed by atoms with E-state index in [4.69, 9.17) is 5.11 Å². The highest BCUT2D eigenvalue weighted by Crippen LogP contribution is 1.93. The van der Waals surface area contributed by atoms with Crippen molar-refractivity contribution in [2.75, 3.05) is 6.61 Å². The van der Waals surface area contributed by atoms with E-state index in [2.05, 4.69) is 4.99 Å². The van der Waals surface area contributed by atoms with Crippen LogP contribution in [0.4, 0.5) is 0 Å². The summed E-state index contributed by atoms with van der Waals surface area (Å²) < 4.78 is 0. The van der Waals surface area contributed by atoms with Crippen LogP contribution in [0.3, 0.4) is 0 Å². The average Bonchev–Trinajstić information content (AvgIpc) is 2.14. The molecule has 0 aromatic carbocycles. The molecule has 0 spiro atoms. The Morgan fingerprint density at radius 1 is 1.62 bits per heavy atom. The van der Waals surface area contributed by atoms with Crippen LogP contribution in [0.25, 0.3) is 0 Å². The molecule has 3 heteroatoms. The Morgan fingerprint density at radius 2 is 2.38 bits per heavy atom. The molecule has 1 heterocycles. The Kier molecular flexibility index (Phi) is 1.22. The molecular formula is C5H5NO2. The molecule has 1 aliphatic heterocycles. The van der Waals surface area contributed by atoms with E-state index in [0.29, 0.717) is 5.71 Å². The SMILES string of the molecule is O=C1C=CC(CO)=N1. The first-order valence-corrected chi connectivity index (χ1v) is 2.23. The van der Waals surface area contributed by atoms with Gasteiger partial charge in [0.2, 0.25) is 0 Å². The van der Waals surface area contributed by atoms with Gasteiger partial charge >= 0.3 is 0 Å². The van der Waals surface area contributed by atoms with Crippen molar-refractivity contribution in [2.45, 2.75) is 0 Å². The van der Waals surface area contributed by atoms with Crippen LogP contribution in [0.15, 0.2) is 17.1 Å². The largest absolute Gasteiger partial charge is 0.390 e. The molecule has 1 aliphatic rings. The quantitative estimate of drug-likeness (QED) is 0.496. The minimum absolute atomic E-state index is 0.151. The third kappa shape index (κ3) is 0.816. The molecule has 3 nitrogen and oxygen atoms in total. The smallest absolute Gasteiger partial charge is 0.270 e. The van der Waals surface area contributed by atoms with Crippen molar-refractivity contribution < 1.29 is 9.90 Å². The number of aliphatic hydroxyl groups is 1. The zero-order valence-corrected chi connectivity index (χ0v) is 4.16. The maximum atomic E-state index is 10.2. The number of hydrogen-bond donors (Lipinski definition) is 1. The second-order valence-corrected chi connectivity index (χ2v) is 1.43. The van der Waals surface area contributed by atoms with Crippen LogP contribution in [-0.4, -0.2) is 23.3 Å². The highest BCUT2D eigenvalue weighted by Gasteiger charge is 2.02. The number of aliphatic imine (C=N–C) groups is 1. The third-order valence-corrected chi connectivity index (χ3v) is 0.834. The lowest BCUT2D eigenvalue weighted by Gasteiger charge is -1.81. The molecule has 8 heavy (non-hydrogen) atoms. The van der Waals surface area contributed by atoms with Crippen LogP contribution in [-0.2, 0) is 4.79 Å². The average molecular weight is 111 g/mol. The number of carbonyl (C=O) groups is 1. The number of rotatable bonds is 1. The van der Waals surface area contributed by atoms with Crippen molar-refractivity contribution in [2.24, 2.45) is 4.99 Å². The van der Waals surface area contributed by atoms with Gasteiger partial charge < -0.3 is 5.11 Å². The minimum atomic E-state index is -0.283. The highest BCUT2D eigenvalue weighted by atomic mass is 16.3. The number of nitrogens with zero attached hydrogens (tertiary/aromatic N) is 1. The lowest BCUT2D eigenvalue weighted by molar-refractivity contribution is -0.113. The highest BCUT2D eigenvalue weighted by molar-refractivity contribution is 6.13. The summed E-state index contributed by atoms with van der Waals surface area (Å²) in [5.74, 6) is -0.283. The zero-order valence-electron chi connectivity index (χ0n) is 4.16. The van der Waals surface area contributed by atoms with E-state index in [0.717, 1.165) is 0 Å². The maximum absolute atomic E-state index is 10.2. The Bertz CT molecular complexity index is 169. The molecular weight excluding hydrogens is 106 g/mol. The fraction of sp³-hybridized carbons (Fsp3) is 0.200. The molecule has 0 aromatic heterocycles. The van der Waals surface area contributed by atoms with Crippen molar-refractivity contribution >= 4 is 11.6 Å². The summed E-state index contributed by atoms with van der Waals surface area (Å²) in [4.78, 5) is 13.7. The topological polar surface area (TPSA) is 49.7 Å². The van der Waals surface area contributed by atoms with Crippen molar-refractivity contribution in [3.8, 4) is 0 Å². The molecule has 0 saturated heterocycles. The summed E-state index contributed by atoms with van der Waals surface area (Å²) in [7, 11) is 0. The van der Waals surface area contributed by atoms with E-state index in [-0.39, 0.29) is 12.5 Å². The summed E-state index contributed by atoms with van der Waals surface area (Å²) >= 11 is 0. The van der Waals surface area contributed by atoms with E-state index in [1.807, 2.05) is 0 Å². The Labute approximate surface area is 46.4 Å². The molecule has 1 N–H and O–H groups in total. The molecule has 0 aliphatic carbocycles. The van der Waals surface area contributed by atoms with E-state index >= 15 is 0 Å². The molecule has 0 saturated carbocycles. The number of aliphatic hydroxyl groups excluding tert-OH is 1. The zero-order chi connectivity index (χ0) is 5.98. The summed E-state index contributed by atoms with van der Waals surface area (Å²) in [6.07, 6.45) is 2.83. The fourth-order valence-electron chi connectivity index (χ4n) is 0.472. The predicted octanol–water partition coefficient (Wildman–Crippen LogP) is -0.484. The normalized spacial score (nSPS) is 17.1. The van der Waals surface area contributed by atoms with Gasteiger partial charge in [-0.1, -0.05) is 0 Å². The van der Waals surface area contributed by atoms with Crippen LogP contribution in [0.1, 0.15) is 0 Å². The molecule has 0 aromatic rings. The Morgan fingerprint density at radius 3 is 2.62 bits per heavy atom. The second-order valence-electron chi connectivity index (χ2n) is 1.43. The summed E-state index contributed by atoms with van der Waals surface area (Å²) in [6.45, 7) is -0.151. The number of carbonyl (C=O) groups excluding carboxylic acids is 1. The van der Waals surface area contributed by atoms with E-state index < -0.39 is 0 Å². The summed E-state index contributed by atoms with van der Waals surface area (Å²) in [5.41, 5.74) is 0.440. The summed E-state index contributed by atoms with van der Waals surface area (Å²) in [6, 6.07) is 0. The van der Waals surface area contributed by atoms with Crippen LogP contribution in [0.5, 0.6) is 0 Å². The molecule has 0 atom stereocenters. The van der Waals surface area contributed by atoms with Gasteiger partial charge in [-0.3, -0.25) is 4.79 Å². The van der Waals surface area contributed by atoms with Gasteiger partial charge in [0.05, 0.1) is 12.3 Å². The molecule has 0 unspecified atom stereocenters. The first kappa shape index (κ1) is 5.18. The van der Waals surface area contributed by atoms with Crippen LogP contribution < -0.4 is 0 Å². The van der Waals surface area contributed by atoms with Gasteiger partial charge in [0.15, 0.2) is 0 Å². The Balaban J connectivity index is 2.72. The lowest BCUT2D eigenvalue weighted by Crippen LogP contribution is -1.96. The second kappa shape index (κ2) is 1.88. The number of hydrogen-bond acceptors (Lipinski definition) is 2. The Hall–Kier alpha value is -0.960. The van der Waals surface area contributed by atoms with Crippen molar-refractivity contribution in [1.29, 1.82) is 0 Å². The molecule has 1 rings (SSSR count). The van der Waals surface area contributed by atoms with Gasteiger partial charge in [-0.05, 0) is 6.08 Å². The van der Waals surface area contributed by atoms with E-state index in [1.54, 1.807) is 0 Å². The molecule has 0 radical (unpaired) electrons. The van der Waals surface area contributed by atoms with Crippen LogP contribution in [0, 0.1) is 0 Å². The number of amides is 1. The standard InChI is InChI=1S/C5H5NO2/c7-3-4-1-2-5(8)6-4/h1-2,7H,3H2. The van der Waals surface area contributed by atoms with Gasteiger partial charge in [-0.25, -0.2) is 4.99 Å². The lowest BCUT2D eigenvalue weighted by atomic mass is 10.4. The first-order valence-electron chi connectivity index (χ1n) is 2.23. The van der Waals surface area contributed by atoms with Gasteiger partial charge in [-0.15, -0.1) is 0 Å². The first-order chi connectivity index (χ1) is 3.83. The van der Waals surface area contributed by atoms with E-state index in [9.17, 15) is 4.79 Å². The molecule has 42 valence electrons. The van der Waals surface area contributed by atoms with Crippen molar-refractivity contribution in [1.82, 2.24) is 0 Å². The third-order valence-electron chi connectivity index (χ3n) is 0.834. The predicted molar refractivity (Wildman–Crippen MR) is 28.7 cm³/mol. The van der Waals surface area contributed by atoms with Gasteiger partial charge in [-0.2, -0.15) is 0 Å². The molecule has 0 fully saturated rings. The van der Waals surface area contributed by atoms with Crippen LogP contribution >= 0.6 is 0 Å². The van der Waals surface area contributed by atoms with Gasteiger partial charge in [0.1, 0.15) is 0 Å². The van der Waals surface area contributed by atoms with Gasteiger partial charge in [0, 0.05) is 6.08 Å². The molecule has 1 amide bonds. The molecule has 0 bridgehead atoms. The summed E-state index contributed by atoms with van der Waals surface area (Å²) in [5, 5.41) is 8.35. The van der Waals surface area contributed by atoms with Crippen LogP contribution in [0.2, 0.25) is 0 Å². The van der Waals surface area contributed by atoms with Crippen molar-refractivity contribution in [3.05, 3.63) is 12.2 Å². The fourth-order valence-corrected chi connectivity index (χ4v) is 0.472. The van der Waals surface area contributed by atoms with Crippen molar-refractivity contribution in [3.63, 3.8) is 0 Å². The maximum Gasteiger partial charge on any atom is 0.270 e. The van der Waals surface area contributed by atoms with E-state index in [1.165, 1.54) is 12.2 Å².